The number of aromatic nitrogens is 1. The first kappa shape index (κ1) is 21.9. The number of hydrogen-bond acceptors (Lipinski definition) is 4. The van der Waals surface area contributed by atoms with Gasteiger partial charge in [-0.15, -0.1) is 0 Å². The van der Waals surface area contributed by atoms with E-state index in [0.29, 0.717) is 24.0 Å². The minimum absolute atomic E-state index is 0.349. The third kappa shape index (κ3) is 5.05. The average Bonchev–Trinajstić information content (AvgIpc) is 3.31. The van der Waals surface area contributed by atoms with E-state index in [0.717, 1.165) is 54.5 Å². The van der Waals surface area contributed by atoms with E-state index in [1.54, 1.807) is 12.1 Å². The Labute approximate surface area is 194 Å². The van der Waals surface area contributed by atoms with Crippen LogP contribution in [-0.2, 0) is 10.0 Å². The summed E-state index contributed by atoms with van der Waals surface area (Å²) in [6.07, 6.45) is 3.89. The van der Waals surface area contributed by atoms with Gasteiger partial charge in [0, 0.05) is 36.3 Å². The molecule has 0 unspecified atom stereocenters. The number of ether oxygens (including phenoxy) is 1. The standard InChI is InChI=1S/C26H29N3O3S/c30-33(31,26-7-3-5-21-4-1-2-6-24(21)26)28-19-20-11-14-29(15-12-20)16-17-32-23-9-8-22-10-13-27-25(22)18-23/h1-10,13,18,20,27-28H,11-12,14-17,19H2. The van der Waals surface area contributed by atoms with Gasteiger partial charge in [0.1, 0.15) is 12.4 Å². The van der Waals surface area contributed by atoms with Gasteiger partial charge in [-0.05, 0) is 66.9 Å². The number of piperidine rings is 1. The second kappa shape index (κ2) is 9.55. The Bertz CT molecular complexity index is 1340. The molecular formula is C26H29N3O3S. The first-order valence-corrected chi connectivity index (χ1v) is 13.0. The van der Waals surface area contributed by atoms with Crippen molar-refractivity contribution in [2.75, 3.05) is 32.8 Å². The first-order valence-electron chi connectivity index (χ1n) is 11.5. The Hall–Kier alpha value is -2.87. The fourth-order valence-electron chi connectivity index (χ4n) is 4.56. The van der Waals surface area contributed by atoms with Crippen LogP contribution in [0.2, 0.25) is 0 Å². The van der Waals surface area contributed by atoms with Gasteiger partial charge >= 0.3 is 0 Å². The molecule has 0 bridgehead atoms. The molecule has 0 spiro atoms. The van der Waals surface area contributed by atoms with E-state index < -0.39 is 10.0 Å². The fourth-order valence-corrected chi connectivity index (χ4v) is 5.90. The van der Waals surface area contributed by atoms with Gasteiger partial charge in [0.15, 0.2) is 0 Å². The van der Waals surface area contributed by atoms with Crippen molar-refractivity contribution < 1.29 is 13.2 Å². The number of hydrogen-bond donors (Lipinski definition) is 2. The number of fused-ring (bicyclic) bond motifs is 2. The minimum atomic E-state index is -3.54. The molecule has 1 aliphatic heterocycles. The summed E-state index contributed by atoms with van der Waals surface area (Å²) in [6, 6.07) is 21.2. The molecule has 172 valence electrons. The second-order valence-electron chi connectivity index (χ2n) is 8.69. The zero-order chi connectivity index (χ0) is 22.7. The smallest absolute Gasteiger partial charge is 0.241 e. The Kier molecular flexibility index (Phi) is 6.35. The summed E-state index contributed by atoms with van der Waals surface area (Å²) in [7, 11) is -3.54. The number of benzene rings is 3. The van der Waals surface area contributed by atoms with Crippen LogP contribution in [-0.4, -0.2) is 51.1 Å². The molecule has 0 radical (unpaired) electrons. The topological polar surface area (TPSA) is 74.4 Å². The van der Waals surface area contributed by atoms with E-state index in [1.807, 2.05) is 54.7 Å². The molecular weight excluding hydrogens is 434 g/mol. The molecule has 7 heteroatoms. The van der Waals surface area contributed by atoms with Crippen LogP contribution in [0.25, 0.3) is 21.7 Å². The van der Waals surface area contributed by atoms with E-state index >= 15 is 0 Å². The molecule has 2 heterocycles. The number of rotatable bonds is 8. The number of aromatic amines is 1. The minimum Gasteiger partial charge on any atom is -0.492 e. The number of nitrogens with zero attached hydrogens (tertiary/aromatic N) is 1. The van der Waals surface area contributed by atoms with Gasteiger partial charge in [-0.1, -0.05) is 36.4 Å². The van der Waals surface area contributed by atoms with Crippen molar-refractivity contribution >= 4 is 31.7 Å². The molecule has 5 rings (SSSR count). The predicted octanol–water partition coefficient (Wildman–Crippen LogP) is 4.39. The van der Waals surface area contributed by atoms with E-state index in [4.69, 9.17) is 4.74 Å². The van der Waals surface area contributed by atoms with Crippen LogP contribution in [0.15, 0.2) is 77.8 Å². The summed E-state index contributed by atoms with van der Waals surface area (Å²) < 4.78 is 34.7. The molecule has 6 nitrogen and oxygen atoms in total. The lowest BCUT2D eigenvalue weighted by Gasteiger charge is -2.31. The fraction of sp³-hybridized carbons (Fsp3) is 0.308. The largest absolute Gasteiger partial charge is 0.492 e. The van der Waals surface area contributed by atoms with Crippen LogP contribution in [0.4, 0.5) is 0 Å². The quantitative estimate of drug-likeness (QED) is 0.406. The van der Waals surface area contributed by atoms with E-state index in [9.17, 15) is 8.42 Å². The highest BCUT2D eigenvalue weighted by atomic mass is 32.2. The SMILES string of the molecule is O=S(=O)(NCC1CCN(CCOc2ccc3cc[nH]c3c2)CC1)c1cccc2ccccc12. The van der Waals surface area contributed by atoms with Crippen molar-refractivity contribution in [2.24, 2.45) is 5.92 Å². The lowest BCUT2D eigenvalue weighted by Crippen LogP contribution is -2.40. The lowest BCUT2D eigenvalue weighted by molar-refractivity contribution is 0.156. The van der Waals surface area contributed by atoms with Gasteiger partial charge in [-0.2, -0.15) is 0 Å². The van der Waals surface area contributed by atoms with E-state index in [1.165, 1.54) is 5.39 Å². The third-order valence-corrected chi connectivity index (χ3v) is 7.99. The van der Waals surface area contributed by atoms with Crippen LogP contribution in [0.1, 0.15) is 12.8 Å². The normalized spacial score (nSPS) is 15.9. The molecule has 1 saturated heterocycles. The van der Waals surface area contributed by atoms with E-state index in [2.05, 4.69) is 20.7 Å². The number of H-pyrrole nitrogens is 1. The molecule has 1 aromatic heterocycles. The molecule has 33 heavy (non-hydrogen) atoms. The van der Waals surface area contributed by atoms with Crippen molar-refractivity contribution in [3.05, 3.63) is 72.9 Å². The molecule has 0 amide bonds. The van der Waals surface area contributed by atoms with Gasteiger partial charge in [-0.25, -0.2) is 13.1 Å². The summed E-state index contributed by atoms with van der Waals surface area (Å²) in [4.78, 5) is 5.95. The van der Waals surface area contributed by atoms with Crippen LogP contribution < -0.4 is 9.46 Å². The monoisotopic (exact) mass is 463 g/mol. The predicted molar refractivity (Wildman–Crippen MR) is 132 cm³/mol. The first-order chi connectivity index (χ1) is 16.1. The van der Waals surface area contributed by atoms with Crippen molar-refractivity contribution in [1.29, 1.82) is 0 Å². The van der Waals surface area contributed by atoms with Gasteiger partial charge < -0.3 is 9.72 Å². The van der Waals surface area contributed by atoms with Crippen molar-refractivity contribution in [1.82, 2.24) is 14.6 Å². The van der Waals surface area contributed by atoms with Gasteiger partial charge in [0.25, 0.3) is 0 Å². The Morgan fingerprint density at radius 1 is 0.970 bits per heavy atom. The second-order valence-corrected chi connectivity index (χ2v) is 10.4. The lowest BCUT2D eigenvalue weighted by atomic mass is 9.97. The average molecular weight is 464 g/mol. The van der Waals surface area contributed by atoms with Crippen LogP contribution in [0, 0.1) is 5.92 Å². The number of nitrogens with one attached hydrogen (secondary N) is 2. The molecule has 4 aromatic rings. The zero-order valence-electron chi connectivity index (χ0n) is 18.5. The summed E-state index contributed by atoms with van der Waals surface area (Å²) in [5.74, 6) is 1.23. The maximum atomic E-state index is 13.0. The molecule has 1 fully saturated rings. The van der Waals surface area contributed by atoms with Crippen molar-refractivity contribution in [2.45, 2.75) is 17.7 Å². The highest BCUT2D eigenvalue weighted by Gasteiger charge is 2.23. The highest BCUT2D eigenvalue weighted by Crippen LogP contribution is 2.24. The van der Waals surface area contributed by atoms with Gasteiger partial charge in [0.2, 0.25) is 10.0 Å². The van der Waals surface area contributed by atoms with Gasteiger partial charge in [0.05, 0.1) is 4.90 Å². The Balaban J connectivity index is 1.09. The Morgan fingerprint density at radius 2 is 1.79 bits per heavy atom. The van der Waals surface area contributed by atoms with Crippen LogP contribution in [0.3, 0.4) is 0 Å². The van der Waals surface area contributed by atoms with Crippen molar-refractivity contribution in [3.8, 4) is 5.75 Å². The Morgan fingerprint density at radius 3 is 2.67 bits per heavy atom. The van der Waals surface area contributed by atoms with E-state index in [-0.39, 0.29) is 0 Å². The van der Waals surface area contributed by atoms with Crippen molar-refractivity contribution in [3.63, 3.8) is 0 Å². The molecule has 1 aliphatic rings. The van der Waals surface area contributed by atoms with Gasteiger partial charge in [-0.3, -0.25) is 4.90 Å². The molecule has 0 atom stereocenters. The summed E-state index contributed by atoms with van der Waals surface area (Å²) in [6.45, 7) is 3.91. The number of likely N-dealkylation sites (tertiary alicyclic amines) is 1. The summed E-state index contributed by atoms with van der Waals surface area (Å²) in [5.41, 5.74) is 1.08. The molecule has 2 N–H and O–H groups in total. The van der Waals surface area contributed by atoms with Crippen LogP contribution >= 0.6 is 0 Å². The maximum absolute atomic E-state index is 13.0. The summed E-state index contributed by atoms with van der Waals surface area (Å²) >= 11 is 0. The molecule has 0 aliphatic carbocycles. The zero-order valence-corrected chi connectivity index (χ0v) is 19.4. The molecule has 0 saturated carbocycles. The molecule has 3 aromatic carbocycles. The third-order valence-electron chi connectivity index (χ3n) is 6.51. The summed E-state index contributed by atoms with van der Waals surface area (Å²) in [5, 5.41) is 2.88. The highest BCUT2D eigenvalue weighted by molar-refractivity contribution is 7.89. The van der Waals surface area contributed by atoms with Crippen LogP contribution in [0.5, 0.6) is 5.75 Å². The number of sulfonamides is 1. The maximum Gasteiger partial charge on any atom is 0.241 e.